The maximum Gasteiger partial charge on any atom is 0.238 e. The third kappa shape index (κ3) is 0.809. The highest BCUT2D eigenvalue weighted by molar-refractivity contribution is 7.80. The molecule has 1 atom stereocenters. The minimum Gasteiger partial charge on any atom is -0.320 e. The molecule has 3 nitrogen and oxygen atoms in total. The summed E-state index contributed by atoms with van der Waals surface area (Å²) in [4.78, 5) is 12.2. The number of hydrogen-bond donors (Lipinski definition) is 2. The Morgan fingerprint density at radius 1 is 2.00 bits per heavy atom. The molecule has 1 heterocycles. The monoisotopic (exact) mass is 132 g/mol. The van der Waals surface area contributed by atoms with Crippen LogP contribution in [0.15, 0.2) is 0 Å². The second kappa shape index (κ2) is 1.95. The summed E-state index contributed by atoms with van der Waals surface area (Å²) >= 11 is 4.04. The molecule has 1 saturated heterocycles. The molecule has 0 aromatic carbocycles. The van der Waals surface area contributed by atoms with Crippen molar-refractivity contribution in [3.63, 3.8) is 0 Å². The lowest BCUT2D eigenvalue weighted by Crippen LogP contribution is -2.28. The first-order valence-electron chi connectivity index (χ1n) is 2.39. The second-order valence-corrected chi connectivity index (χ2v) is 2.25. The van der Waals surface area contributed by atoms with E-state index in [-0.39, 0.29) is 11.4 Å². The molecule has 0 saturated carbocycles. The van der Waals surface area contributed by atoms with E-state index >= 15 is 0 Å². The number of likely N-dealkylation sites (N-methyl/N-ethyl adjacent to an activating group) is 1. The summed E-state index contributed by atoms with van der Waals surface area (Å²) in [7, 11) is 1.72. The molecule has 46 valence electrons. The van der Waals surface area contributed by atoms with Gasteiger partial charge in [0.25, 0.3) is 0 Å². The van der Waals surface area contributed by atoms with E-state index in [9.17, 15) is 4.79 Å². The standard InChI is InChI=1S/C4H8N2OS/c1-6-3(7)2-5-4(6)8/h4-5,8H,2H2,1H3. The predicted molar refractivity (Wildman–Crippen MR) is 33.5 cm³/mol. The summed E-state index contributed by atoms with van der Waals surface area (Å²) in [6, 6.07) is 0. The number of amides is 1. The zero-order valence-electron chi connectivity index (χ0n) is 4.59. The van der Waals surface area contributed by atoms with E-state index in [0.29, 0.717) is 6.54 Å². The third-order valence-electron chi connectivity index (χ3n) is 1.20. The highest BCUT2D eigenvalue weighted by Crippen LogP contribution is 2.02. The van der Waals surface area contributed by atoms with Crippen LogP contribution in [-0.4, -0.2) is 29.9 Å². The Morgan fingerprint density at radius 2 is 2.62 bits per heavy atom. The number of thiol groups is 1. The molecule has 0 spiro atoms. The van der Waals surface area contributed by atoms with Crippen LogP contribution < -0.4 is 5.32 Å². The molecule has 1 amide bonds. The molecule has 0 bridgehead atoms. The topological polar surface area (TPSA) is 32.3 Å². The van der Waals surface area contributed by atoms with Crippen LogP contribution in [0, 0.1) is 0 Å². The molecule has 0 radical (unpaired) electrons. The predicted octanol–water partition coefficient (Wildman–Crippen LogP) is -0.739. The summed E-state index contributed by atoms with van der Waals surface area (Å²) in [5, 5.41) is 2.86. The van der Waals surface area contributed by atoms with E-state index in [2.05, 4.69) is 17.9 Å². The zero-order valence-corrected chi connectivity index (χ0v) is 5.48. The molecule has 0 aromatic rings. The fraction of sp³-hybridized carbons (Fsp3) is 0.750. The van der Waals surface area contributed by atoms with E-state index in [1.165, 1.54) is 0 Å². The number of nitrogens with one attached hydrogen (secondary N) is 1. The summed E-state index contributed by atoms with van der Waals surface area (Å²) in [5.74, 6) is 0.102. The molecule has 1 rings (SSSR count). The molecule has 0 aliphatic carbocycles. The molecule has 4 heteroatoms. The first-order valence-corrected chi connectivity index (χ1v) is 2.90. The summed E-state index contributed by atoms with van der Waals surface area (Å²) in [6.07, 6.45) is 0. The van der Waals surface area contributed by atoms with Crippen molar-refractivity contribution < 1.29 is 4.79 Å². The lowest BCUT2D eigenvalue weighted by molar-refractivity contribution is -0.125. The molecule has 8 heavy (non-hydrogen) atoms. The third-order valence-corrected chi connectivity index (χ3v) is 1.73. The fourth-order valence-electron chi connectivity index (χ4n) is 0.577. The van der Waals surface area contributed by atoms with Crippen LogP contribution >= 0.6 is 12.6 Å². The molecule has 0 aromatic heterocycles. The molecule has 1 unspecified atom stereocenters. The van der Waals surface area contributed by atoms with Crippen molar-refractivity contribution in [2.24, 2.45) is 0 Å². The second-order valence-electron chi connectivity index (χ2n) is 1.76. The Balaban J connectivity index is 2.56. The Labute approximate surface area is 53.5 Å². The fourth-order valence-corrected chi connectivity index (χ4v) is 0.797. The van der Waals surface area contributed by atoms with Crippen LogP contribution in [-0.2, 0) is 4.79 Å². The SMILES string of the molecule is CN1C(=O)CNC1S. The molecule has 1 aliphatic rings. The van der Waals surface area contributed by atoms with Crippen LogP contribution in [0.3, 0.4) is 0 Å². The van der Waals surface area contributed by atoms with Crippen molar-refractivity contribution >= 4 is 18.5 Å². The number of carbonyl (C=O) groups excluding carboxylic acids is 1. The maximum atomic E-state index is 10.6. The first kappa shape index (κ1) is 5.91. The Morgan fingerprint density at radius 3 is 2.75 bits per heavy atom. The first-order chi connectivity index (χ1) is 3.72. The van der Waals surface area contributed by atoms with E-state index in [1.807, 2.05) is 0 Å². The van der Waals surface area contributed by atoms with Gasteiger partial charge < -0.3 is 4.90 Å². The lowest BCUT2D eigenvalue weighted by Gasteiger charge is -2.11. The number of hydrogen-bond acceptors (Lipinski definition) is 3. The average molecular weight is 132 g/mol. The van der Waals surface area contributed by atoms with Crippen LogP contribution in [0.5, 0.6) is 0 Å². The highest BCUT2D eigenvalue weighted by Gasteiger charge is 2.22. The molecular weight excluding hydrogens is 124 g/mol. The zero-order chi connectivity index (χ0) is 6.15. The summed E-state index contributed by atoms with van der Waals surface area (Å²) in [5.41, 5.74) is -0.0810. The Hall–Kier alpha value is -0.220. The van der Waals surface area contributed by atoms with Gasteiger partial charge in [0.1, 0.15) is 5.50 Å². The minimum absolute atomic E-state index is 0.0810. The van der Waals surface area contributed by atoms with Crippen LogP contribution in [0.2, 0.25) is 0 Å². The van der Waals surface area contributed by atoms with Gasteiger partial charge in [0.2, 0.25) is 5.91 Å². The van der Waals surface area contributed by atoms with Gasteiger partial charge in [-0.3, -0.25) is 10.1 Å². The van der Waals surface area contributed by atoms with Crippen molar-refractivity contribution in [2.45, 2.75) is 5.50 Å². The number of rotatable bonds is 0. The van der Waals surface area contributed by atoms with Gasteiger partial charge in [0.05, 0.1) is 6.54 Å². The molecule has 1 aliphatic heterocycles. The highest BCUT2D eigenvalue weighted by atomic mass is 32.1. The quantitative estimate of drug-likeness (QED) is 0.426. The van der Waals surface area contributed by atoms with Gasteiger partial charge in [0.15, 0.2) is 0 Å². The van der Waals surface area contributed by atoms with E-state index in [4.69, 9.17) is 0 Å². The molecule has 1 N–H and O–H groups in total. The van der Waals surface area contributed by atoms with E-state index in [0.717, 1.165) is 0 Å². The van der Waals surface area contributed by atoms with Gasteiger partial charge in [-0.15, -0.1) is 12.6 Å². The van der Waals surface area contributed by atoms with Crippen molar-refractivity contribution in [3.05, 3.63) is 0 Å². The summed E-state index contributed by atoms with van der Waals surface area (Å²) < 4.78 is 0. The molecule has 1 fully saturated rings. The maximum absolute atomic E-state index is 10.6. The Bertz CT molecular complexity index is 117. The van der Waals surface area contributed by atoms with Gasteiger partial charge >= 0.3 is 0 Å². The van der Waals surface area contributed by atoms with E-state index in [1.54, 1.807) is 11.9 Å². The average Bonchev–Trinajstić information content (AvgIpc) is 1.98. The number of carbonyl (C=O) groups is 1. The molecular formula is C4H8N2OS. The lowest BCUT2D eigenvalue weighted by atomic mass is 10.6. The van der Waals surface area contributed by atoms with Gasteiger partial charge in [0, 0.05) is 7.05 Å². The van der Waals surface area contributed by atoms with Crippen LogP contribution in [0.1, 0.15) is 0 Å². The van der Waals surface area contributed by atoms with Crippen molar-refractivity contribution in [2.75, 3.05) is 13.6 Å². The smallest absolute Gasteiger partial charge is 0.238 e. The number of nitrogens with zero attached hydrogens (tertiary/aromatic N) is 1. The largest absolute Gasteiger partial charge is 0.320 e. The van der Waals surface area contributed by atoms with Crippen molar-refractivity contribution in [1.82, 2.24) is 10.2 Å². The minimum atomic E-state index is -0.0810. The van der Waals surface area contributed by atoms with Gasteiger partial charge in [-0.25, -0.2) is 0 Å². The summed E-state index contributed by atoms with van der Waals surface area (Å²) in [6.45, 7) is 0.421. The van der Waals surface area contributed by atoms with Crippen molar-refractivity contribution in [1.29, 1.82) is 0 Å². The normalized spacial score (nSPS) is 29.5. The van der Waals surface area contributed by atoms with Gasteiger partial charge in [-0.2, -0.15) is 0 Å². The van der Waals surface area contributed by atoms with Crippen LogP contribution in [0.4, 0.5) is 0 Å². The van der Waals surface area contributed by atoms with Gasteiger partial charge in [-0.1, -0.05) is 0 Å². The van der Waals surface area contributed by atoms with Gasteiger partial charge in [-0.05, 0) is 0 Å². The Kier molecular flexibility index (Phi) is 1.44. The van der Waals surface area contributed by atoms with Crippen LogP contribution in [0.25, 0.3) is 0 Å². The van der Waals surface area contributed by atoms with E-state index < -0.39 is 0 Å². The van der Waals surface area contributed by atoms with Crippen molar-refractivity contribution in [3.8, 4) is 0 Å².